The number of esters is 1. The van der Waals surface area contributed by atoms with E-state index in [1.54, 1.807) is 21.3 Å². The molecule has 2 aliphatic heterocycles. The zero-order valence-corrected chi connectivity index (χ0v) is 16.5. The fourth-order valence-electron chi connectivity index (χ4n) is 4.79. The summed E-state index contributed by atoms with van der Waals surface area (Å²) in [4.78, 5) is 12.7. The maximum absolute atomic E-state index is 12.7. The number of methoxy groups -OCH3 is 3. The third-order valence-electron chi connectivity index (χ3n) is 6.08. The van der Waals surface area contributed by atoms with E-state index < -0.39 is 0 Å². The molecule has 1 aliphatic carbocycles. The highest BCUT2D eigenvalue weighted by atomic mass is 16.7. The molecule has 7 nitrogen and oxygen atoms in total. The average Bonchev–Trinajstić information content (AvgIpc) is 3.35. The summed E-state index contributed by atoms with van der Waals surface area (Å²) in [5.41, 5.74) is 3.10. The van der Waals surface area contributed by atoms with E-state index in [1.165, 1.54) is 0 Å². The summed E-state index contributed by atoms with van der Waals surface area (Å²) >= 11 is 0. The van der Waals surface area contributed by atoms with E-state index in [0.717, 1.165) is 28.9 Å². The summed E-state index contributed by atoms with van der Waals surface area (Å²) in [5.74, 6) is 2.53. The van der Waals surface area contributed by atoms with Gasteiger partial charge in [-0.15, -0.1) is 0 Å². The Kier molecular flexibility index (Phi) is 4.19. The van der Waals surface area contributed by atoms with Crippen LogP contribution in [0.4, 0.5) is 0 Å². The molecule has 3 aliphatic rings. The molecule has 0 amide bonds. The zero-order valence-electron chi connectivity index (χ0n) is 16.5. The number of ether oxygens (including phenoxy) is 6. The number of cyclic esters (lactones) is 1. The molecule has 152 valence electrons. The van der Waals surface area contributed by atoms with Gasteiger partial charge in [0.25, 0.3) is 0 Å². The topological polar surface area (TPSA) is 72.5 Å². The van der Waals surface area contributed by atoms with Gasteiger partial charge in [0.05, 0.1) is 33.9 Å². The van der Waals surface area contributed by atoms with Crippen molar-refractivity contribution in [1.82, 2.24) is 0 Å². The number of rotatable bonds is 4. The minimum Gasteiger partial charge on any atom is -0.493 e. The number of carbonyl (C=O) groups excluding carboxylic acids is 1. The van der Waals surface area contributed by atoms with Gasteiger partial charge in [0.15, 0.2) is 23.0 Å². The molecule has 1 fully saturated rings. The standard InChI is InChI=1S/C22H22O7/c1-24-17-6-12(7-18(25-2)21(17)26-3)19-14-8-16-15(28-10-29-16)5-11(14)4-13-9-27-22(23)20(13)19/h5-8,13,19-20H,4,9-10H2,1-3H3/t13-,19-,20+/m0/s1. The molecule has 3 atom stereocenters. The minimum atomic E-state index is -0.273. The fraction of sp³-hybridized carbons (Fsp3) is 0.409. The minimum absolute atomic E-state index is 0.111. The molecule has 0 N–H and O–H groups in total. The molecule has 7 heteroatoms. The first-order chi connectivity index (χ1) is 14.1. The molecule has 5 rings (SSSR count). The van der Waals surface area contributed by atoms with Gasteiger partial charge in [0.1, 0.15) is 0 Å². The van der Waals surface area contributed by atoms with Crippen LogP contribution in [-0.4, -0.2) is 40.7 Å². The van der Waals surface area contributed by atoms with Crippen molar-refractivity contribution in [2.75, 3.05) is 34.7 Å². The summed E-state index contributed by atoms with van der Waals surface area (Å²) in [6, 6.07) is 7.84. The van der Waals surface area contributed by atoms with Crippen LogP contribution in [0.2, 0.25) is 0 Å². The normalized spacial score (nSPS) is 23.8. The van der Waals surface area contributed by atoms with Gasteiger partial charge in [-0.3, -0.25) is 4.79 Å². The van der Waals surface area contributed by atoms with Gasteiger partial charge in [-0.1, -0.05) is 0 Å². The lowest BCUT2D eigenvalue weighted by Gasteiger charge is -2.34. The summed E-state index contributed by atoms with van der Waals surface area (Å²) in [6.45, 7) is 0.639. The van der Waals surface area contributed by atoms with Crippen molar-refractivity contribution in [3.8, 4) is 28.7 Å². The van der Waals surface area contributed by atoms with Gasteiger partial charge >= 0.3 is 5.97 Å². The molecule has 2 aromatic carbocycles. The highest BCUT2D eigenvalue weighted by Crippen LogP contribution is 2.52. The molecule has 2 heterocycles. The predicted octanol–water partition coefficient (Wildman–Crippen LogP) is 2.92. The number of hydrogen-bond donors (Lipinski definition) is 0. The van der Waals surface area contributed by atoms with E-state index in [9.17, 15) is 4.79 Å². The Hall–Kier alpha value is -3.09. The van der Waals surface area contributed by atoms with Crippen LogP contribution in [0.5, 0.6) is 28.7 Å². The van der Waals surface area contributed by atoms with E-state index in [1.807, 2.05) is 24.3 Å². The molecule has 1 saturated heterocycles. The first-order valence-corrected chi connectivity index (χ1v) is 9.53. The smallest absolute Gasteiger partial charge is 0.310 e. The second-order valence-electron chi connectivity index (χ2n) is 7.46. The molecule has 0 radical (unpaired) electrons. The summed E-state index contributed by atoms with van der Waals surface area (Å²) in [7, 11) is 4.74. The van der Waals surface area contributed by atoms with E-state index in [4.69, 9.17) is 28.4 Å². The quantitative estimate of drug-likeness (QED) is 0.733. The van der Waals surface area contributed by atoms with Crippen molar-refractivity contribution in [2.45, 2.75) is 12.3 Å². The summed E-state index contributed by atoms with van der Waals surface area (Å²) < 4.78 is 33.2. The van der Waals surface area contributed by atoms with Gasteiger partial charge in [0, 0.05) is 11.8 Å². The van der Waals surface area contributed by atoms with Gasteiger partial charge in [-0.05, 0) is 47.4 Å². The van der Waals surface area contributed by atoms with Crippen LogP contribution in [0.25, 0.3) is 0 Å². The fourth-order valence-corrected chi connectivity index (χ4v) is 4.79. The SMILES string of the molecule is COc1cc([C@H]2c3cc4c(cc3C[C@H]3COC(=O)[C@H]32)OCO4)cc(OC)c1OC. The van der Waals surface area contributed by atoms with Crippen molar-refractivity contribution >= 4 is 5.97 Å². The molecule has 29 heavy (non-hydrogen) atoms. The third-order valence-corrected chi connectivity index (χ3v) is 6.08. The molecular formula is C22H22O7. The third kappa shape index (κ3) is 2.68. The Morgan fingerprint density at radius 1 is 0.897 bits per heavy atom. The van der Waals surface area contributed by atoms with Crippen molar-refractivity contribution in [1.29, 1.82) is 0 Å². The van der Waals surface area contributed by atoms with Gasteiger partial charge < -0.3 is 28.4 Å². The van der Waals surface area contributed by atoms with E-state index in [0.29, 0.717) is 29.6 Å². The molecule has 0 saturated carbocycles. The molecule has 2 aromatic rings. The van der Waals surface area contributed by atoms with Crippen LogP contribution in [-0.2, 0) is 16.0 Å². The number of carbonyl (C=O) groups is 1. The number of benzene rings is 2. The van der Waals surface area contributed by atoms with Crippen LogP contribution in [0.3, 0.4) is 0 Å². The summed E-state index contributed by atoms with van der Waals surface area (Å²) in [6.07, 6.45) is 0.767. The van der Waals surface area contributed by atoms with Gasteiger partial charge in [-0.2, -0.15) is 0 Å². The molecule has 0 aromatic heterocycles. The lowest BCUT2D eigenvalue weighted by Crippen LogP contribution is -2.31. The lowest BCUT2D eigenvalue weighted by atomic mass is 9.67. The number of hydrogen-bond acceptors (Lipinski definition) is 7. The Morgan fingerprint density at radius 2 is 1.59 bits per heavy atom. The second-order valence-corrected chi connectivity index (χ2v) is 7.46. The van der Waals surface area contributed by atoms with E-state index >= 15 is 0 Å². The van der Waals surface area contributed by atoms with E-state index in [2.05, 4.69) is 0 Å². The second kappa shape index (κ2) is 6.76. The largest absolute Gasteiger partial charge is 0.493 e. The highest BCUT2D eigenvalue weighted by molar-refractivity contribution is 5.78. The average molecular weight is 398 g/mol. The molecule has 0 bridgehead atoms. The Morgan fingerprint density at radius 3 is 2.24 bits per heavy atom. The van der Waals surface area contributed by atoms with Gasteiger partial charge in [0.2, 0.25) is 12.5 Å². The van der Waals surface area contributed by atoms with Crippen LogP contribution >= 0.6 is 0 Å². The van der Waals surface area contributed by atoms with Gasteiger partial charge in [-0.25, -0.2) is 0 Å². The van der Waals surface area contributed by atoms with Crippen LogP contribution in [0.15, 0.2) is 24.3 Å². The first kappa shape index (κ1) is 18.0. The van der Waals surface area contributed by atoms with Crippen LogP contribution in [0, 0.1) is 11.8 Å². The Bertz CT molecular complexity index is 958. The first-order valence-electron chi connectivity index (χ1n) is 9.53. The number of fused-ring (bicyclic) bond motifs is 3. The van der Waals surface area contributed by atoms with Crippen LogP contribution in [0.1, 0.15) is 22.6 Å². The predicted molar refractivity (Wildman–Crippen MR) is 102 cm³/mol. The molecule has 0 unspecified atom stereocenters. The maximum atomic E-state index is 12.7. The van der Waals surface area contributed by atoms with Crippen molar-refractivity contribution in [3.05, 3.63) is 41.0 Å². The molecular weight excluding hydrogens is 376 g/mol. The maximum Gasteiger partial charge on any atom is 0.310 e. The zero-order chi connectivity index (χ0) is 20.1. The Balaban J connectivity index is 1.71. The summed E-state index contributed by atoms with van der Waals surface area (Å²) in [5, 5.41) is 0. The van der Waals surface area contributed by atoms with Crippen molar-refractivity contribution < 1.29 is 33.2 Å². The van der Waals surface area contributed by atoms with Crippen molar-refractivity contribution in [3.63, 3.8) is 0 Å². The lowest BCUT2D eigenvalue weighted by molar-refractivity contribution is -0.141. The van der Waals surface area contributed by atoms with Crippen molar-refractivity contribution in [2.24, 2.45) is 11.8 Å². The molecule has 0 spiro atoms. The van der Waals surface area contributed by atoms with E-state index in [-0.39, 0.29) is 30.5 Å². The highest BCUT2D eigenvalue weighted by Gasteiger charge is 2.48. The monoisotopic (exact) mass is 398 g/mol. The Labute approximate surface area is 168 Å². The van der Waals surface area contributed by atoms with Crippen LogP contribution < -0.4 is 23.7 Å².